The molecule has 4 rings (SSSR count). The molecule has 0 radical (unpaired) electrons. The van der Waals surface area contributed by atoms with Crippen molar-refractivity contribution in [3.63, 3.8) is 0 Å². The minimum atomic E-state index is -4.67. The highest BCUT2D eigenvalue weighted by atomic mass is 19.4. The van der Waals surface area contributed by atoms with E-state index < -0.39 is 6.36 Å². The third-order valence-electron chi connectivity index (χ3n) is 5.56. The van der Waals surface area contributed by atoms with Gasteiger partial charge in [-0.15, -0.1) is 13.2 Å². The molecule has 2 aliphatic rings. The normalized spacial score (nSPS) is 17.3. The molecule has 1 N–H and O–H groups in total. The first-order valence-electron chi connectivity index (χ1n) is 10.2. The Hall–Kier alpha value is -2.51. The van der Waals surface area contributed by atoms with Crippen LogP contribution in [0.2, 0.25) is 0 Å². The maximum atomic E-state index is 12.5. The number of anilines is 2. The molecule has 0 bridgehead atoms. The summed E-state index contributed by atoms with van der Waals surface area (Å²) in [4.78, 5) is 11.5. The van der Waals surface area contributed by atoms with Crippen molar-refractivity contribution in [3.8, 4) is 5.75 Å². The largest absolute Gasteiger partial charge is 0.573 e. The lowest BCUT2D eigenvalue weighted by Gasteiger charge is -2.30. The van der Waals surface area contributed by atoms with Crippen LogP contribution in [-0.4, -0.2) is 28.9 Å². The fourth-order valence-corrected chi connectivity index (χ4v) is 4.07. The molecule has 0 spiro atoms. The molecule has 29 heavy (non-hydrogen) atoms. The summed E-state index contributed by atoms with van der Waals surface area (Å²) in [5.41, 5.74) is 2.86. The van der Waals surface area contributed by atoms with Crippen LogP contribution in [0.4, 0.5) is 24.9 Å². The minimum Gasteiger partial charge on any atom is -0.406 e. The van der Waals surface area contributed by atoms with Crippen molar-refractivity contribution < 1.29 is 17.9 Å². The average molecular weight is 406 g/mol. The topological polar surface area (TPSA) is 50.3 Å². The fourth-order valence-electron chi connectivity index (χ4n) is 4.07. The van der Waals surface area contributed by atoms with Gasteiger partial charge in [-0.1, -0.05) is 25.8 Å². The quantitative estimate of drug-likeness (QED) is 0.769. The van der Waals surface area contributed by atoms with Gasteiger partial charge in [0, 0.05) is 30.9 Å². The third kappa shape index (κ3) is 4.92. The summed E-state index contributed by atoms with van der Waals surface area (Å²) >= 11 is 0. The Morgan fingerprint density at radius 2 is 1.93 bits per heavy atom. The van der Waals surface area contributed by atoms with Crippen molar-refractivity contribution >= 4 is 11.8 Å². The van der Waals surface area contributed by atoms with Crippen LogP contribution < -0.4 is 15.0 Å². The van der Waals surface area contributed by atoms with Crippen molar-refractivity contribution in [2.24, 2.45) is 0 Å². The molecule has 0 unspecified atom stereocenters. The third-order valence-corrected chi connectivity index (χ3v) is 5.56. The summed E-state index contributed by atoms with van der Waals surface area (Å²) in [5.74, 6) is 1.37. The van der Waals surface area contributed by atoms with Crippen molar-refractivity contribution in [1.82, 2.24) is 9.97 Å². The molecule has 0 atom stereocenters. The molecule has 0 saturated heterocycles. The second-order valence-corrected chi connectivity index (χ2v) is 7.67. The maximum absolute atomic E-state index is 12.5. The number of aryl methyl sites for hydroxylation is 1. The number of benzene rings is 1. The van der Waals surface area contributed by atoms with E-state index in [1.165, 1.54) is 25.0 Å². The molecule has 0 amide bonds. The smallest absolute Gasteiger partial charge is 0.406 e. The second-order valence-electron chi connectivity index (χ2n) is 7.67. The van der Waals surface area contributed by atoms with E-state index in [4.69, 9.17) is 4.98 Å². The van der Waals surface area contributed by atoms with Gasteiger partial charge in [-0.05, 0) is 48.9 Å². The van der Waals surface area contributed by atoms with Crippen molar-refractivity contribution in [1.29, 1.82) is 0 Å². The van der Waals surface area contributed by atoms with Crippen LogP contribution in [0.5, 0.6) is 5.75 Å². The van der Waals surface area contributed by atoms with Gasteiger partial charge in [-0.2, -0.15) is 4.98 Å². The minimum absolute atomic E-state index is 0.164. The van der Waals surface area contributed by atoms with E-state index in [9.17, 15) is 13.2 Å². The lowest BCUT2D eigenvalue weighted by atomic mass is 9.99. The van der Waals surface area contributed by atoms with Gasteiger partial charge in [0.2, 0.25) is 5.95 Å². The molecule has 2 aromatic rings. The van der Waals surface area contributed by atoms with Gasteiger partial charge in [0.15, 0.2) is 0 Å². The highest BCUT2D eigenvalue weighted by Gasteiger charge is 2.31. The number of halogens is 3. The Morgan fingerprint density at radius 3 is 2.66 bits per heavy atom. The van der Waals surface area contributed by atoms with Crippen LogP contribution in [0.25, 0.3) is 0 Å². The number of nitrogens with zero attached hydrogens (tertiary/aromatic N) is 3. The summed E-state index contributed by atoms with van der Waals surface area (Å²) in [7, 11) is 0. The van der Waals surface area contributed by atoms with E-state index in [0.717, 1.165) is 41.9 Å². The molecule has 2 heterocycles. The van der Waals surface area contributed by atoms with Crippen LogP contribution in [0.15, 0.2) is 24.3 Å². The van der Waals surface area contributed by atoms with E-state index in [-0.39, 0.29) is 5.75 Å². The van der Waals surface area contributed by atoms with E-state index in [2.05, 4.69) is 26.9 Å². The molecule has 1 fully saturated rings. The molecule has 5 nitrogen and oxygen atoms in total. The molecule has 1 aromatic heterocycles. The molecule has 8 heteroatoms. The molecule has 156 valence electrons. The van der Waals surface area contributed by atoms with Crippen LogP contribution in [0, 0.1) is 0 Å². The summed E-state index contributed by atoms with van der Waals surface area (Å²) in [6.45, 7) is 3.36. The number of aromatic nitrogens is 2. The molecule has 1 aromatic carbocycles. The first kappa shape index (κ1) is 19.8. The Labute approximate surface area is 168 Å². The van der Waals surface area contributed by atoms with Gasteiger partial charge < -0.3 is 15.0 Å². The average Bonchev–Trinajstić information content (AvgIpc) is 3.19. The highest BCUT2D eigenvalue weighted by Crippen LogP contribution is 2.30. The van der Waals surface area contributed by atoms with Gasteiger partial charge in [0.1, 0.15) is 11.6 Å². The number of hydrogen-bond donors (Lipinski definition) is 1. The summed E-state index contributed by atoms with van der Waals surface area (Å²) in [6.07, 6.45) is 1.55. The van der Waals surface area contributed by atoms with E-state index in [0.29, 0.717) is 31.5 Å². The van der Waals surface area contributed by atoms with Gasteiger partial charge in [0.05, 0.1) is 0 Å². The van der Waals surface area contributed by atoms with Gasteiger partial charge >= 0.3 is 6.36 Å². The van der Waals surface area contributed by atoms with E-state index in [1.54, 1.807) is 6.07 Å². The first-order chi connectivity index (χ1) is 13.9. The zero-order valence-corrected chi connectivity index (χ0v) is 16.4. The van der Waals surface area contributed by atoms with E-state index in [1.807, 2.05) is 6.07 Å². The van der Waals surface area contributed by atoms with Crippen LogP contribution in [0.3, 0.4) is 0 Å². The lowest BCUT2D eigenvalue weighted by Crippen LogP contribution is -2.31. The van der Waals surface area contributed by atoms with E-state index >= 15 is 0 Å². The molecular formula is C21H25F3N4O. The summed E-state index contributed by atoms with van der Waals surface area (Å²) in [5, 5.41) is 3.47. The Kier molecular flexibility index (Phi) is 5.52. The van der Waals surface area contributed by atoms with Crippen molar-refractivity contribution in [2.45, 2.75) is 64.4 Å². The standard InChI is InChI=1S/C21H25F3N4O/c1-2-16-12-19(27-20(25-16)26-17-5-3-4-6-17)28-10-9-14-11-18(29-21(22,23)24)8-7-15(14)13-28/h7-8,11-12,17H,2-6,9-10,13H2,1H3,(H,25,26,27). The van der Waals surface area contributed by atoms with Crippen molar-refractivity contribution in [3.05, 3.63) is 41.1 Å². The molecule has 1 saturated carbocycles. The zero-order valence-electron chi connectivity index (χ0n) is 16.4. The molecule has 1 aliphatic heterocycles. The zero-order chi connectivity index (χ0) is 20.4. The number of alkyl halides is 3. The first-order valence-corrected chi connectivity index (χ1v) is 10.2. The number of ether oxygens (including phenoxy) is 1. The van der Waals surface area contributed by atoms with Crippen LogP contribution in [-0.2, 0) is 19.4 Å². The predicted octanol–water partition coefficient (Wildman–Crippen LogP) is 4.85. The number of nitrogens with one attached hydrogen (secondary N) is 1. The Bertz CT molecular complexity index is 865. The monoisotopic (exact) mass is 406 g/mol. The van der Waals surface area contributed by atoms with Crippen LogP contribution >= 0.6 is 0 Å². The molecule has 1 aliphatic carbocycles. The predicted molar refractivity (Wildman–Crippen MR) is 105 cm³/mol. The van der Waals surface area contributed by atoms with Crippen LogP contribution in [0.1, 0.15) is 49.4 Å². The lowest BCUT2D eigenvalue weighted by molar-refractivity contribution is -0.274. The number of hydrogen-bond acceptors (Lipinski definition) is 5. The van der Waals surface area contributed by atoms with Crippen molar-refractivity contribution in [2.75, 3.05) is 16.8 Å². The number of fused-ring (bicyclic) bond motifs is 1. The van der Waals surface area contributed by atoms with Gasteiger partial charge in [-0.25, -0.2) is 4.98 Å². The SMILES string of the molecule is CCc1cc(N2CCc3cc(OC(F)(F)F)ccc3C2)nc(NC2CCCC2)n1. The second kappa shape index (κ2) is 8.08. The summed E-state index contributed by atoms with van der Waals surface area (Å²) in [6, 6.07) is 7.02. The Morgan fingerprint density at radius 1 is 1.14 bits per heavy atom. The Balaban J connectivity index is 1.52. The highest BCUT2D eigenvalue weighted by molar-refractivity contribution is 5.49. The van der Waals surface area contributed by atoms with Gasteiger partial charge in [-0.3, -0.25) is 0 Å². The summed E-state index contributed by atoms with van der Waals surface area (Å²) < 4.78 is 41.4. The fraction of sp³-hybridized carbons (Fsp3) is 0.524. The van der Waals surface area contributed by atoms with Gasteiger partial charge in [0.25, 0.3) is 0 Å². The number of rotatable bonds is 5. The maximum Gasteiger partial charge on any atom is 0.573 e. The molecular weight excluding hydrogens is 381 g/mol.